The van der Waals surface area contributed by atoms with E-state index >= 15 is 0 Å². The zero-order chi connectivity index (χ0) is 20.9. The molecule has 30 heavy (non-hydrogen) atoms. The first-order valence-electron chi connectivity index (χ1n) is 9.62. The summed E-state index contributed by atoms with van der Waals surface area (Å²) in [6, 6.07) is 15.5. The first-order valence-corrected chi connectivity index (χ1v) is 10.8. The molecule has 1 aliphatic rings. The molecule has 2 heterocycles. The van der Waals surface area contributed by atoms with E-state index in [9.17, 15) is 4.79 Å². The molecule has 0 saturated carbocycles. The smallest absolute Gasteiger partial charge is 0.323 e. The van der Waals surface area contributed by atoms with Crippen LogP contribution in [0.4, 0.5) is 15.6 Å². The third-order valence-corrected chi connectivity index (χ3v) is 5.98. The number of benzene rings is 2. The summed E-state index contributed by atoms with van der Waals surface area (Å²) in [6.45, 7) is 2.78. The molecule has 0 unspecified atom stereocenters. The number of hydrogen-bond donors (Lipinski definition) is 1. The average molecular weight is 444 g/mol. The van der Waals surface area contributed by atoms with E-state index in [2.05, 4.69) is 20.4 Å². The molecule has 1 aromatic heterocycles. The summed E-state index contributed by atoms with van der Waals surface area (Å²) in [6.07, 6.45) is 0.642. The maximum absolute atomic E-state index is 12.6. The lowest BCUT2D eigenvalue weighted by Gasteiger charge is -2.35. The van der Waals surface area contributed by atoms with Gasteiger partial charge in [-0.05, 0) is 35.9 Å². The molecule has 0 aliphatic carbocycles. The molecule has 2 aromatic carbocycles. The third-order valence-electron chi connectivity index (χ3n) is 4.91. The number of aromatic nitrogens is 2. The van der Waals surface area contributed by atoms with Crippen molar-refractivity contribution in [2.75, 3.05) is 43.5 Å². The van der Waals surface area contributed by atoms with Crippen LogP contribution in [0, 0.1) is 0 Å². The first-order chi connectivity index (χ1) is 14.6. The molecule has 3 aromatic rings. The van der Waals surface area contributed by atoms with Crippen molar-refractivity contribution in [2.24, 2.45) is 0 Å². The quantitative estimate of drug-likeness (QED) is 0.641. The Morgan fingerprint density at radius 1 is 1.13 bits per heavy atom. The number of rotatable bonds is 5. The van der Waals surface area contributed by atoms with Crippen molar-refractivity contribution in [3.8, 4) is 5.75 Å². The fraction of sp³-hybridized carbons (Fsp3) is 0.286. The van der Waals surface area contributed by atoms with Gasteiger partial charge >= 0.3 is 6.03 Å². The molecule has 156 valence electrons. The Morgan fingerprint density at radius 2 is 1.93 bits per heavy atom. The van der Waals surface area contributed by atoms with Crippen molar-refractivity contribution < 1.29 is 9.53 Å². The van der Waals surface area contributed by atoms with Crippen LogP contribution < -0.4 is 15.0 Å². The van der Waals surface area contributed by atoms with Crippen LogP contribution in [-0.4, -0.2) is 54.4 Å². The molecular weight excluding hydrogens is 422 g/mol. The van der Waals surface area contributed by atoms with Crippen LogP contribution in [0.5, 0.6) is 5.75 Å². The second-order valence-corrected chi connectivity index (χ2v) is 8.41. The van der Waals surface area contributed by atoms with Crippen LogP contribution in [-0.2, 0) is 6.42 Å². The Labute approximate surface area is 184 Å². The van der Waals surface area contributed by atoms with Gasteiger partial charge in [0.2, 0.25) is 5.13 Å². The number of amides is 2. The van der Waals surface area contributed by atoms with Gasteiger partial charge in [0.1, 0.15) is 10.8 Å². The fourth-order valence-corrected chi connectivity index (χ4v) is 4.29. The number of hydrogen-bond acceptors (Lipinski definition) is 6. The number of halogens is 1. The minimum atomic E-state index is -0.148. The van der Waals surface area contributed by atoms with E-state index in [-0.39, 0.29) is 6.03 Å². The van der Waals surface area contributed by atoms with Crippen molar-refractivity contribution in [2.45, 2.75) is 6.42 Å². The standard InChI is InChI=1S/C21H22ClN5O2S/c1-29-18-7-2-4-15(12-18)13-19-24-25-20(30-19)23-21(28)27-10-8-26(9-11-27)17-6-3-5-16(22)14-17/h2-7,12,14H,8-11,13H2,1H3,(H,23,25,28). The van der Waals surface area contributed by atoms with Crippen molar-refractivity contribution in [1.29, 1.82) is 0 Å². The summed E-state index contributed by atoms with van der Waals surface area (Å²) in [7, 11) is 1.65. The Balaban J connectivity index is 1.30. The zero-order valence-electron chi connectivity index (χ0n) is 16.5. The lowest BCUT2D eigenvalue weighted by molar-refractivity contribution is 0.208. The van der Waals surface area contributed by atoms with Crippen molar-refractivity contribution in [1.82, 2.24) is 15.1 Å². The Morgan fingerprint density at radius 3 is 2.70 bits per heavy atom. The molecule has 7 nitrogen and oxygen atoms in total. The Kier molecular flexibility index (Phi) is 6.35. The van der Waals surface area contributed by atoms with Crippen molar-refractivity contribution in [3.05, 3.63) is 64.1 Å². The van der Waals surface area contributed by atoms with Gasteiger partial charge in [0, 0.05) is 43.3 Å². The summed E-state index contributed by atoms with van der Waals surface area (Å²) in [5, 5.41) is 13.2. The minimum absolute atomic E-state index is 0.148. The number of carbonyl (C=O) groups excluding carboxylic acids is 1. The SMILES string of the molecule is COc1cccc(Cc2nnc(NC(=O)N3CCN(c4cccc(Cl)c4)CC3)s2)c1. The van der Waals surface area contributed by atoms with E-state index in [4.69, 9.17) is 16.3 Å². The lowest BCUT2D eigenvalue weighted by atomic mass is 10.1. The van der Waals surface area contributed by atoms with Gasteiger partial charge in [0.25, 0.3) is 0 Å². The molecule has 1 saturated heterocycles. The van der Waals surface area contributed by atoms with Crippen LogP contribution in [0.3, 0.4) is 0 Å². The zero-order valence-corrected chi connectivity index (χ0v) is 18.1. The number of urea groups is 1. The van der Waals surface area contributed by atoms with Crippen LogP contribution in [0.15, 0.2) is 48.5 Å². The van der Waals surface area contributed by atoms with Gasteiger partial charge in [0.15, 0.2) is 0 Å². The van der Waals surface area contributed by atoms with E-state index in [1.807, 2.05) is 48.5 Å². The number of nitrogens with one attached hydrogen (secondary N) is 1. The van der Waals surface area contributed by atoms with E-state index in [0.717, 1.165) is 35.1 Å². The van der Waals surface area contributed by atoms with Crippen LogP contribution in [0.25, 0.3) is 0 Å². The van der Waals surface area contributed by atoms with E-state index < -0.39 is 0 Å². The van der Waals surface area contributed by atoms with Crippen LogP contribution >= 0.6 is 22.9 Å². The van der Waals surface area contributed by atoms with Gasteiger partial charge in [-0.1, -0.05) is 41.1 Å². The molecule has 1 fully saturated rings. The molecular formula is C21H22ClN5O2S. The normalized spacial score (nSPS) is 13.9. The minimum Gasteiger partial charge on any atom is -0.497 e. The van der Waals surface area contributed by atoms with Crippen molar-refractivity contribution in [3.63, 3.8) is 0 Å². The highest BCUT2D eigenvalue weighted by atomic mass is 35.5. The molecule has 9 heteroatoms. The maximum atomic E-state index is 12.6. The number of methoxy groups -OCH3 is 1. The van der Waals surface area contributed by atoms with Crippen LogP contribution in [0.1, 0.15) is 10.6 Å². The summed E-state index contributed by atoms with van der Waals surface area (Å²) in [5.74, 6) is 0.808. The Hall–Kier alpha value is -2.84. The summed E-state index contributed by atoms with van der Waals surface area (Å²) in [4.78, 5) is 16.6. The van der Waals surface area contributed by atoms with Crippen molar-refractivity contribution >= 4 is 39.8 Å². The largest absolute Gasteiger partial charge is 0.497 e. The van der Waals surface area contributed by atoms with Gasteiger partial charge in [-0.15, -0.1) is 10.2 Å². The monoisotopic (exact) mass is 443 g/mol. The Bertz CT molecular complexity index is 1020. The predicted octanol–water partition coefficient (Wildman–Crippen LogP) is 4.15. The predicted molar refractivity (Wildman–Crippen MR) is 120 cm³/mol. The fourth-order valence-electron chi connectivity index (χ4n) is 3.34. The van der Waals surface area contributed by atoms with Gasteiger partial charge in [-0.25, -0.2) is 4.79 Å². The molecule has 4 rings (SSSR count). The van der Waals surface area contributed by atoms with Crippen LogP contribution in [0.2, 0.25) is 5.02 Å². The second-order valence-electron chi connectivity index (χ2n) is 6.91. The maximum Gasteiger partial charge on any atom is 0.323 e. The highest BCUT2D eigenvalue weighted by Crippen LogP contribution is 2.23. The van der Waals surface area contributed by atoms with Gasteiger partial charge < -0.3 is 14.5 Å². The molecule has 2 amide bonds. The molecule has 0 spiro atoms. The average Bonchev–Trinajstić information content (AvgIpc) is 3.20. The topological polar surface area (TPSA) is 70.6 Å². The number of nitrogens with zero attached hydrogens (tertiary/aromatic N) is 4. The number of piperazine rings is 1. The number of carbonyl (C=O) groups is 1. The lowest BCUT2D eigenvalue weighted by Crippen LogP contribution is -2.50. The molecule has 1 aliphatic heterocycles. The highest BCUT2D eigenvalue weighted by Gasteiger charge is 2.22. The summed E-state index contributed by atoms with van der Waals surface area (Å²) < 4.78 is 5.25. The van der Waals surface area contributed by atoms with Gasteiger partial charge in [0.05, 0.1) is 7.11 Å². The molecule has 0 atom stereocenters. The second kappa shape index (κ2) is 9.32. The summed E-state index contributed by atoms with van der Waals surface area (Å²) >= 11 is 7.47. The third kappa shape index (κ3) is 5.01. The van der Waals surface area contributed by atoms with Gasteiger partial charge in [-0.3, -0.25) is 5.32 Å². The summed E-state index contributed by atoms with van der Waals surface area (Å²) in [5.41, 5.74) is 2.16. The number of ether oxygens (including phenoxy) is 1. The van der Waals surface area contributed by atoms with E-state index in [1.165, 1.54) is 11.3 Å². The molecule has 1 N–H and O–H groups in total. The van der Waals surface area contributed by atoms with E-state index in [0.29, 0.717) is 29.7 Å². The first kappa shape index (κ1) is 20.4. The molecule has 0 bridgehead atoms. The highest BCUT2D eigenvalue weighted by molar-refractivity contribution is 7.15. The molecule has 0 radical (unpaired) electrons. The number of anilines is 2. The van der Waals surface area contributed by atoms with E-state index in [1.54, 1.807) is 12.0 Å². The van der Waals surface area contributed by atoms with Gasteiger partial charge in [-0.2, -0.15) is 0 Å².